The molecule has 0 aromatic heterocycles. The summed E-state index contributed by atoms with van der Waals surface area (Å²) in [5.41, 5.74) is 0.228. The Morgan fingerprint density at radius 3 is 2.12 bits per heavy atom. The van der Waals surface area contributed by atoms with Crippen molar-refractivity contribution in [1.82, 2.24) is 5.32 Å². The van der Waals surface area contributed by atoms with Crippen LogP contribution < -0.4 is 5.32 Å². The van der Waals surface area contributed by atoms with E-state index in [1.54, 1.807) is 0 Å². The van der Waals surface area contributed by atoms with Gasteiger partial charge >= 0.3 is 0 Å². The molecule has 0 radical (unpaired) electrons. The van der Waals surface area contributed by atoms with Gasteiger partial charge in [-0.25, -0.2) is 0 Å². The fraction of sp³-hybridized carbons (Fsp3) is 0.933. The number of rotatable bonds is 2. The highest BCUT2D eigenvalue weighted by atomic mass is 15.0. The van der Waals surface area contributed by atoms with E-state index in [9.17, 15) is 5.26 Å². The Hall–Kier alpha value is -0.550. The van der Waals surface area contributed by atoms with E-state index in [1.165, 1.54) is 44.9 Å². The van der Waals surface area contributed by atoms with E-state index in [0.717, 1.165) is 12.8 Å². The van der Waals surface area contributed by atoms with Gasteiger partial charge in [-0.3, -0.25) is 5.32 Å². The number of nitrogens with one attached hydrogen (secondary N) is 1. The Morgan fingerprint density at radius 1 is 1.00 bits per heavy atom. The molecule has 0 bridgehead atoms. The highest BCUT2D eigenvalue weighted by Crippen LogP contribution is 2.40. The molecule has 1 N–H and O–H groups in total. The van der Waals surface area contributed by atoms with Crippen molar-refractivity contribution in [3.63, 3.8) is 0 Å². The molecule has 2 aliphatic carbocycles. The number of hydrogen-bond acceptors (Lipinski definition) is 2. The fourth-order valence-corrected chi connectivity index (χ4v) is 3.28. The van der Waals surface area contributed by atoms with E-state index in [-0.39, 0.29) is 5.54 Å². The van der Waals surface area contributed by atoms with Crippen LogP contribution in [0.5, 0.6) is 0 Å². The minimum absolute atomic E-state index is 0.211. The third-order valence-electron chi connectivity index (χ3n) is 4.76. The Bertz CT molecular complexity index is 285. The lowest BCUT2D eigenvalue weighted by atomic mass is 9.69. The molecule has 0 amide bonds. The molecule has 0 spiro atoms. The molecule has 17 heavy (non-hydrogen) atoms. The molecule has 2 saturated carbocycles. The lowest BCUT2D eigenvalue weighted by Crippen LogP contribution is -2.52. The Morgan fingerprint density at radius 2 is 1.59 bits per heavy atom. The van der Waals surface area contributed by atoms with Gasteiger partial charge in [0.2, 0.25) is 0 Å². The minimum atomic E-state index is -0.211. The van der Waals surface area contributed by atoms with E-state index < -0.39 is 0 Å². The molecule has 0 heterocycles. The molecule has 2 aliphatic rings. The molecule has 2 fully saturated rings. The largest absolute Gasteiger partial charge is 0.297 e. The van der Waals surface area contributed by atoms with Crippen molar-refractivity contribution in [2.24, 2.45) is 5.41 Å². The monoisotopic (exact) mass is 234 g/mol. The average Bonchev–Trinajstić information content (AvgIpc) is 2.34. The first-order valence-corrected chi connectivity index (χ1v) is 7.24. The second kappa shape index (κ2) is 4.98. The van der Waals surface area contributed by atoms with E-state index in [1.807, 2.05) is 0 Å². The summed E-state index contributed by atoms with van der Waals surface area (Å²) in [5, 5.41) is 13.2. The topological polar surface area (TPSA) is 35.8 Å². The van der Waals surface area contributed by atoms with Crippen molar-refractivity contribution >= 4 is 0 Å². The van der Waals surface area contributed by atoms with E-state index in [4.69, 9.17) is 0 Å². The van der Waals surface area contributed by atoms with Gasteiger partial charge in [0.15, 0.2) is 0 Å². The summed E-state index contributed by atoms with van der Waals surface area (Å²) in [6.07, 6.45) is 11.0. The second-order valence-corrected chi connectivity index (χ2v) is 6.84. The van der Waals surface area contributed by atoms with Crippen LogP contribution in [0.4, 0.5) is 0 Å². The molecule has 0 aliphatic heterocycles. The highest BCUT2D eigenvalue weighted by molar-refractivity contribution is 5.11. The molecule has 2 rings (SSSR count). The minimum Gasteiger partial charge on any atom is -0.297 e. The Balaban J connectivity index is 1.94. The van der Waals surface area contributed by atoms with Gasteiger partial charge in [0, 0.05) is 6.04 Å². The average molecular weight is 234 g/mol. The third-order valence-corrected chi connectivity index (χ3v) is 4.76. The second-order valence-electron chi connectivity index (χ2n) is 6.84. The Labute approximate surface area is 106 Å². The van der Waals surface area contributed by atoms with Gasteiger partial charge in [0.25, 0.3) is 0 Å². The van der Waals surface area contributed by atoms with E-state index in [2.05, 4.69) is 25.2 Å². The van der Waals surface area contributed by atoms with Crippen molar-refractivity contribution in [2.75, 3.05) is 0 Å². The maximum absolute atomic E-state index is 9.53. The van der Waals surface area contributed by atoms with Crippen LogP contribution in [0.2, 0.25) is 0 Å². The molecule has 96 valence electrons. The summed E-state index contributed by atoms with van der Waals surface area (Å²) in [6, 6.07) is 3.19. The summed E-state index contributed by atoms with van der Waals surface area (Å²) >= 11 is 0. The summed E-state index contributed by atoms with van der Waals surface area (Å²) in [7, 11) is 0. The molecular weight excluding hydrogens is 208 g/mol. The van der Waals surface area contributed by atoms with Gasteiger partial charge in [-0.05, 0) is 43.9 Å². The van der Waals surface area contributed by atoms with Crippen molar-refractivity contribution < 1.29 is 0 Å². The molecule has 0 aromatic carbocycles. The molecule has 0 saturated heterocycles. The van der Waals surface area contributed by atoms with Crippen LogP contribution in [0.25, 0.3) is 0 Å². The van der Waals surface area contributed by atoms with Crippen LogP contribution in [0.3, 0.4) is 0 Å². The summed E-state index contributed by atoms with van der Waals surface area (Å²) in [5.74, 6) is 0. The first kappa shape index (κ1) is 12.9. The quantitative estimate of drug-likeness (QED) is 0.789. The number of nitrogens with zero attached hydrogens (tertiary/aromatic N) is 1. The standard InChI is InChI=1S/C15H26N2/c1-14(2)8-10-15(12-16,11-9-14)17-13-6-4-3-5-7-13/h13,17H,3-11H2,1-2H3. The van der Waals surface area contributed by atoms with Gasteiger partial charge in [-0.2, -0.15) is 5.26 Å². The maximum Gasteiger partial charge on any atom is 0.107 e. The van der Waals surface area contributed by atoms with Crippen LogP contribution in [0, 0.1) is 16.7 Å². The van der Waals surface area contributed by atoms with Crippen LogP contribution in [-0.2, 0) is 0 Å². The van der Waals surface area contributed by atoms with Gasteiger partial charge in [0.1, 0.15) is 5.54 Å². The van der Waals surface area contributed by atoms with Gasteiger partial charge in [0.05, 0.1) is 6.07 Å². The van der Waals surface area contributed by atoms with Gasteiger partial charge in [-0.15, -0.1) is 0 Å². The molecular formula is C15H26N2. The summed E-state index contributed by atoms with van der Waals surface area (Å²) in [6.45, 7) is 4.66. The number of nitriles is 1. The van der Waals surface area contributed by atoms with Crippen LogP contribution in [-0.4, -0.2) is 11.6 Å². The highest BCUT2D eigenvalue weighted by Gasteiger charge is 2.39. The van der Waals surface area contributed by atoms with Crippen molar-refractivity contribution in [3.8, 4) is 6.07 Å². The normalized spacial score (nSPS) is 28.5. The van der Waals surface area contributed by atoms with Crippen molar-refractivity contribution in [2.45, 2.75) is 83.2 Å². The van der Waals surface area contributed by atoms with E-state index >= 15 is 0 Å². The number of hydrogen-bond donors (Lipinski definition) is 1. The zero-order chi connectivity index (χ0) is 12.4. The zero-order valence-electron chi connectivity index (χ0n) is 11.4. The van der Waals surface area contributed by atoms with Crippen LogP contribution in [0.15, 0.2) is 0 Å². The first-order valence-electron chi connectivity index (χ1n) is 7.24. The zero-order valence-corrected chi connectivity index (χ0v) is 11.4. The predicted octanol–water partition coefficient (Wildman–Crippen LogP) is 3.77. The molecule has 0 atom stereocenters. The molecule has 2 nitrogen and oxygen atoms in total. The molecule has 2 heteroatoms. The third kappa shape index (κ3) is 3.22. The lowest BCUT2D eigenvalue weighted by Gasteiger charge is -2.42. The lowest BCUT2D eigenvalue weighted by molar-refractivity contribution is 0.152. The SMILES string of the molecule is CC1(C)CCC(C#N)(NC2CCCCC2)CC1. The summed E-state index contributed by atoms with van der Waals surface area (Å²) in [4.78, 5) is 0. The Kier molecular flexibility index (Phi) is 3.78. The summed E-state index contributed by atoms with van der Waals surface area (Å²) < 4.78 is 0. The maximum atomic E-state index is 9.53. The van der Waals surface area contributed by atoms with Crippen LogP contribution >= 0.6 is 0 Å². The van der Waals surface area contributed by atoms with Crippen molar-refractivity contribution in [3.05, 3.63) is 0 Å². The molecule has 0 aromatic rings. The molecule has 0 unspecified atom stereocenters. The van der Waals surface area contributed by atoms with Gasteiger partial charge in [-0.1, -0.05) is 33.1 Å². The van der Waals surface area contributed by atoms with E-state index in [0.29, 0.717) is 11.5 Å². The van der Waals surface area contributed by atoms with Crippen LogP contribution in [0.1, 0.15) is 71.6 Å². The fourth-order valence-electron chi connectivity index (χ4n) is 3.28. The first-order chi connectivity index (χ1) is 8.05. The smallest absolute Gasteiger partial charge is 0.107 e. The van der Waals surface area contributed by atoms with Crippen molar-refractivity contribution in [1.29, 1.82) is 5.26 Å². The van der Waals surface area contributed by atoms with Gasteiger partial charge < -0.3 is 0 Å². The predicted molar refractivity (Wildman–Crippen MR) is 70.6 cm³/mol.